The van der Waals surface area contributed by atoms with E-state index in [0.717, 1.165) is 5.92 Å². The Labute approximate surface area is 89.5 Å². The van der Waals surface area contributed by atoms with Crippen LogP contribution in [0.2, 0.25) is 0 Å². The van der Waals surface area contributed by atoms with Crippen molar-refractivity contribution in [2.45, 2.75) is 59.4 Å². The number of rotatable bonds is 2. The lowest BCUT2D eigenvalue weighted by Gasteiger charge is -2.47. The van der Waals surface area contributed by atoms with E-state index in [1.54, 1.807) is 0 Å². The van der Waals surface area contributed by atoms with Crippen LogP contribution < -0.4 is 5.73 Å². The van der Waals surface area contributed by atoms with Crippen LogP contribution in [-0.4, -0.2) is 5.54 Å². The second-order valence-corrected chi connectivity index (χ2v) is 5.93. The lowest BCUT2D eigenvalue weighted by molar-refractivity contribution is 0.0854. The van der Waals surface area contributed by atoms with Crippen molar-refractivity contribution < 1.29 is 0 Å². The predicted molar refractivity (Wildman–Crippen MR) is 63.1 cm³/mol. The Hall–Kier alpha value is -0.0400. The van der Waals surface area contributed by atoms with E-state index in [-0.39, 0.29) is 5.54 Å². The second kappa shape index (κ2) is 4.22. The van der Waals surface area contributed by atoms with Gasteiger partial charge in [0.2, 0.25) is 0 Å². The molecule has 2 N–H and O–H groups in total. The van der Waals surface area contributed by atoms with Gasteiger partial charge in [-0.3, -0.25) is 0 Å². The summed E-state index contributed by atoms with van der Waals surface area (Å²) in [6.45, 7) is 11.6. The smallest absolute Gasteiger partial charge is 0.0208 e. The van der Waals surface area contributed by atoms with Gasteiger partial charge in [0.25, 0.3) is 0 Å². The maximum atomic E-state index is 6.61. The van der Waals surface area contributed by atoms with Gasteiger partial charge in [-0.15, -0.1) is 0 Å². The van der Waals surface area contributed by atoms with Gasteiger partial charge in [0.05, 0.1) is 0 Å². The Kier molecular flexibility index (Phi) is 3.63. The first-order valence-corrected chi connectivity index (χ1v) is 6.16. The zero-order valence-corrected chi connectivity index (χ0v) is 10.5. The molecule has 1 fully saturated rings. The largest absolute Gasteiger partial charge is 0.325 e. The highest BCUT2D eigenvalue weighted by atomic mass is 14.8. The molecule has 0 heterocycles. The maximum absolute atomic E-state index is 6.61. The molecule has 0 spiro atoms. The molecule has 0 aromatic heterocycles. The van der Waals surface area contributed by atoms with Gasteiger partial charge in [0, 0.05) is 5.54 Å². The normalized spacial score (nSPS) is 41.4. The quantitative estimate of drug-likeness (QED) is 0.721. The first kappa shape index (κ1) is 12.0. The molecule has 0 amide bonds. The number of nitrogens with two attached hydrogens (primary N) is 1. The molecule has 0 aromatic rings. The lowest BCUT2D eigenvalue weighted by atomic mass is 9.62. The van der Waals surface area contributed by atoms with Crippen LogP contribution in [0.25, 0.3) is 0 Å². The summed E-state index contributed by atoms with van der Waals surface area (Å²) in [4.78, 5) is 0. The molecule has 1 heteroatoms. The average Bonchev–Trinajstić information content (AvgIpc) is 2.10. The Balaban J connectivity index is 2.73. The van der Waals surface area contributed by atoms with E-state index in [4.69, 9.17) is 5.73 Å². The summed E-state index contributed by atoms with van der Waals surface area (Å²) in [5, 5.41) is 0. The van der Waals surface area contributed by atoms with Crippen molar-refractivity contribution >= 4 is 0 Å². The Morgan fingerprint density at radius 1 is 1.21 bits per heavy atom. The topological polar surface area (TPSA) is 26.0 Å². The lowest BCUT2D eigenvalue weighted by Crippen LogP contribution is -2.55. The molecule has 0 saturated heterocycles. The minimum Gasteiger partial charge on any atom is -0.325 e. The average molecular weight is 197 g/mol. The monoisotopic (exact) mass is 197 g/mol. The van der Waals surface area contributed by atoms with Crippen molar-refractivity contribution in [2.75, 3.05) is 0 Å². The zero-order chi connectivity index (χ0) is 10.9. The van der Waals surface area contributed by atoms with E-state index >= 15 is 0 Å². The summed E-state index contributed by atoms with van der Waals surface area (Å²) >= 11 is 0. The van der Waals surface area contributed by atoms with Crippen LogP contribution >= 0.6 is 0 Å². The van der Waals surface area contributed by atoms with Gasteiger partial charge in [-0.25, -0.2) is 0 Å². The highest BCUT2D eigenvalue weighted by Gasteiger charge is 2.41. The molecule has 0 aliphatic heterocycles. The molecule has 0 aromatic carbocycles. The van der Waals surface area contributed by atoms with E-state index in [0.29, 0.717) is 17.8 Å². The van der Waals surface area contributed by atoms with Crippen LogP contribution in [0.1, 0.15) is 53.9 Å². The van der Waals surface area contributed by atoms with E-state index in [2.05, 4.69) is 34.6 Å². The molecular formula is C13H27N. The highest BCUT2D eigenvalue weighted by Crippen LogP contribution is 2.41. The second-order valence-electron chi connectivity index (χ2n) is 5.93. The first-order chi connectivity index (χ1) is 6.38. The van der Waals surface area contributed by atoms with E-state index < -0.39 is 0 Å². The molecule has 0 bridgehead atoms. The predicted octanol–water partition coefficient (Wildman–Crippen LogP) is 3.43. The fourth-order valence-electron chi connectivity index (χ4n) is 2.98. The zero-order valence-electron chi connectivity index (χ0n) is 10.5. The Bertz CT molecular complexity index is 188. The van der Waals surface area contributed by atoms with Crippen molar-refractivity contribution in [3.63, 3.8) is 0 Å². The molecule has 1 nitrogen and oxygen atoms in total. The Morgan fingerprint density at radius 3 is 2.21 bits per heavy atom. The van der Waals surface area contributed by atoms with Crippen molar-refractivity contribution in [1.82, 2.24) is 0 Å². The molecule has 1 rings (SSSR count). The van der Waals surface area contributed by atoms with Gasteiger partial charge >= 0.3 is 0 Å². The van der Waals surface area contributed by atoms with Gasteiger partial charge in [-0.1, -0.05) is 34.6 Å². The summed E-state index contributed by atoms with van der Waals surface area (Å²) in [6.07, 6.45) is 3.85. The van der Waals surface area contributed by atoms with Crippen molar-refractivity contribution in [2.24, 2.45) is 29.4 Å². The van der Waals surface area contributed by atoms with Crippen molar-refractivity contribution in [3.05, 3.63) is 0 Å². The third kappa shape index (κ3) is 2.13. The molecule has 1 saturated carbocycles. The summed E-state index contributed by atoms with van der Waals surface area (Å²) in [5.74, 6) is 2.91. The van der Waals surface area contributed by atoms with Gasteiger partial charge in [0.1, 0.15) is 0 Å². The fraction of sp³-hybridized carbons (Fsp3) is 1.00. The van der Waals surface area contributed by atoms with Gasteiger partial charge in [-0.2, -0.15) is 0 Å². The van der Waals surface area contributed by atoms with Crippen LogP contribution in [0.3, 0.4) is 0 Å². The van der Waals surface area contributed by atoms with Crippen LogP contribution in [-0.2, 0) is 0 Å². The summed E-state index contributed by atoms with van der Waals surface area (Å²) < 4.78 is 0. The number of hydrogen-bond donors (Lipinski definition) is 1. The highest BCUT2D eigenvalue weighted by molar-refractivity contribution is 4.98. The van der Waals surface area contributed by atoms with Gasteiger partial charge in [0.15, 0.2) is 0 Å². The van der Waals surface area contributed by atoms with E-state index in [1.807, 2.05) is 0 Å². The molecule has 84 valence electrons. The molecule has 4 unspecified atom stereocenters. The van der Waals surface area contributed by atoms with E-state index in [1.165, 1.54) is 19.3 Å². The van der Waals surface area contributed by atoms with Crippen molar-refractivity contribution in [3.8, 4) is 0 Å². The third-order valence-electron chi connectivity index (χ3n) is 4.59. The molecule has 1 aliphatic rings. The molecule has 4 atom stereocenters. The maximum Gasteiger partial charge on any atom is 0.0208 e. The minimum absolute atomic E-state index is 0.0979. The molecular weight excluding hydrogens is 170 g/mol. The third-order valence-corrected chi connectivity index (χ3v) is 4.59. The molecule has 14 heavy (non-hydrogen) atoms. The Morgan fingerprint density at radius 2 is 1.79 bits per heavy atom. The standard InChI is InChI=1S/C13H27N/c1-9(2)12(5)13(14)7-6-10(3)8-11(13)4/h9-12H,6-8,14H2,1-5H3. The summed E-state index contributed by atoms with van der Waals surface area (Å²) in [5.41, 5.74) is 6.71. The van der Waals surface area contributed by atoms with E-state index in [9.17, 15) is 0 Å². The SMILES string of the molecule is CC1CCC(N)(C(C)C(C)C)C(C)C1. The molecule has 1 aliphatic carbocycles. The summed E-state index contributed by atoms with van der Waals surface area (Å²) in [7, 11) is 0. The van der Waals surface area contributed by atoms with Crippen LogP contribution in [0.15, 0.2) is 0 Å². The van der Waals surface area contributed by atoms with Crippen molar-refractivity contribution in [1.29, 1.82) is 0 Å². The summed E-state index contributed by atoms with van der Waals surface area (Å²) in [6, 6.07) is 0. The molecule has 0 radical (unpaired) electrons. The van der Waals surface area contributed by atoms with Crippen LogP contribution in [0.5, 0.6) is 0 Å². The van der Waals surface area contributed by atoms with Crippen LogP contribution in [0, 0.1) is 23.7 Å². The van der Waals surface area contributed by atoms with Gasteiger partial charge < -0.3 is 5.73 Å². The fourth-order valence-corrected chi connectivity index (χ4v) is 2.98. The van der Waals surface area contributed by atoms with Crippen LogP contribution in [0.4, 0.5) is 0 Å². The first-order valence-electron chi connectivity index (χ1n) is 6.16. The van der Waals surface area contributed by atoms with Gasteiger partial charge in [-0.05, 0) is 42.9 Å². The minimum atomic E-state index is 0.0979. The number of hydrogen-bond acceptors (Lipinski definition) is 1.